The lowest BCUT2D eigenvalue weighted by molar-refractivity contribution is -0.120. The molecule has 1 amide bonds. The zero-order valence-electron chi connectivity index (χ0n) is 26.8. The normalized spacial score (nSPS) is 17.6. The van der Waals surface area contributed by atoms with Gasteiger partial charge in [0.25, 0.3) is 0 Å². The third kappa shape index (κ3) is 9.76. The number of likely N-dealkylation sites (tertiary alicyclic amines) is 1. The number of aromatic nitrogens is 3. The van der Waals surface area contributed by atoms with Crippen LogP contribution in [0.3, 0.4) is 0 Å². The molecule has 1 aromatic carbocycles. The fourth-order valence-corrected chi connectivity index (χ4v) is 7.10. The molecule has 1 unspecified atom stereocenters. The van der Waals surface area contributed by atoms with E-state index in [0.717, 1.165) is 73.0 Å². The summed E-state index contributed by atoms with van der Waals surface area (Å²) in [7, 11) is -2.97. The molecule has 0 bridgehead atoms. The van der Waals surface area contributed by atoms with E-state index in [1.54, 1.807) is 4.90 Å². The van der Waals surface area contributed by atoms with Crippen LogP contribution in [0.25, 0.3) is 16.7 Å². The molecule has 242 valence electrons. The van der Waals surface area contributed by atoms with Crippen LogP contribution < -0.4 is 4.74 Å². The molecule has 0 radical (unpaired) electrons. The van der Waals surface area contributed by atoms with E-state index in [4.69, 9.17) is 9.72 Å². The Labute approximate surface area is 263 Å². The zero-order valence-corrected chi connectivity index (χ0v) is 27.6. The summed E-state index contributed by atoms with van der Waals surface area (Å²) in [5.74, 6) is 4.37. The molecule has 2 aliphatic rings. The molecule has 1 N–H and O–H groups in total. The predicted octanol–water partition coefficient (Wildman–Crippen LogP) is 5.62. The van der Waals surface area contributed by atoms with Gasteiger partial charge in [0.1, 0.15) is 27.2 Å². The van der Waals surface area contributed by atoms with E-state index in [-0.39, 0.29) is 5.75 Å². The molecule has 5 rings (SSSR count). The third-order valence-corrected chi connectivity index (χ3v) is 10.2. The average Bonchev–Trinajstić information content (AvgIpc) is 3.44. The Morgan fingerprint density at radius 2 is 1.82 bits per heavy atom. The van der Waals surface area contributed by atoms with E-state index in [0.29, 0.717) is 24.9 Å². The molecular formula is C34H50N4O5S. The molecule has 1 aliphatic heterocycles. The molecule has 1 aliphatic carbocycles. The lowest BCUT2D eigenvalue weighted by Crippen LogP contribution is -2.41. The number of carbonyl (C=O) groups is 1. The maximum atomic E-state index is 11.3. The maximum Gasteiger partial charge on any atom is 0.209 e. The van der Waals surface area contributed by atoms with E-state index in [1.807, 2.05) is 56.6 Å². The van der Waals surface area contributed by atoms with Gasteiger partial charge in [-0.2, -0.15) is 0 Å². The Balaban J connectivity index is 0.000000309. The van der Waals surface area contributed by atoms with E-state index < -0.39 is 15.4 Å². The van der Waals surface area contributed by atoms with Crippen molar-refractivity contribution in [1.82, 2.24) is 19.4 Å². The fourth-order valence-electron chi connectivity index (χ4n) is 6.46. The summed E-state index contributed by atoms with van der Waals surface area (Å²) in [5.41, 5.74) is 0.421. The first kappa shape index (κ1) is 33.9. The van der Waals surface area contributed by atoms with E-state index in [2.05, 4.69) is 16.5 Å². The second kappa shape index (κ2) is 15.3. The van der Waals surface area contributed by atoms with Crippen LogP contribution in [0.5, 0.6) is 5.75 Å². The van der Waals surface area contributed by atoms with Gasteiger partial charge < -0.3 is 19.3 Å². The summed E-state index contributed by atoms with van der Waals surface area (Å²) in [6, 6.07) is 9.88. The molecule has 2 fully saturated rings. The number of aliphatic hydroxyl groups is 1. The molecule has 9 nitrogen and oxygen atoms in total. The Kier molecular flexibility index (Phi) is 11.8. The summed E-state index contributed by atoms with van der Waals surface area (Å²) in [6.07, 6.45) is 16.0. The minimum absolute atomic E-state index is 0.132. The standard InChI is InChI=1S/C25H33N3O3S.C9H17NO2/c1-19(20-8-4-3-5-9-20)18-24-26-14-12-25(27-24)28-15-13-21-22(28)10-6-11-23(21)31-16-7-17-32(2,29)30;1-9(2,12)8-3-5-10(7-11)6-4-8/h6,10-15,19-20H,3-5,7-9,16-18H2,1-2H3;7-8,12H,3-6H2,1-2H3. The van der Waals surface area contributed by atoms with Gasteiger partial charge in [0.15, 0.2) is 0 Å². The first-order chi connectivity index (χ1) is 20.9. The predicted molar refractivity (Wildman–Crippen MR) is 175 cm³/mol. The minimum Gasteiger partial charge on any atom is -0.493 e. The summed E-state index contributed by atoms with van der Waals surface area (Å²) in [6.45, 7) is 7.97. The summed E-state index contributed by atoms with van der Waals surface area (Å²) in [4.78, 5) is 21.6. The Morgan fingerprint density at radius 1 is 1.09 bits per heavy atom. The van der Waals surface area contributed by atoms with Gasteiger partial charge in [-0.25, -0.2) is 18.4 Å². The van der Waals surface area contributed by atoms with Crippen molar-refractivity contribution in [3.63, 3.8) is 0 Å². The largest absolute Gasteiger partial charge is 0.493 e. The van der Waals surface area contributed by atoms with Gasteiger partial charge in [0, 0.05) is 43.5 Å². The smallest absolute Gasteiger partial charge is 0.209 e. The zero-order chi connectivity index (χ0) is 31.7. The van der Waals surface area contributed by atoms with Crippen molar-refractivity contribution >= 4 is 27.2 Å². The number of amides is 1. The monoisotopic (exact) mass is 626 g/mol. The van der Waals surface area contributed by atoms with Crippen molar-refractivity contribution in [2.45, 2.75) is 84.2 Å². The Bertz CT molecular complexity index is 1450. The van der Waals surface area contributed by atoms with Gasteiger partial charge in [-0.3, -0.25) is 4.79 Å². The van der Waals surface area contributed by atoms with Crippen LogP contribution >= 0.6 is 0 Å². The molecule has 3 heterocycles. The van der Waals surface area contributed by atoms with Gasteiger partial charge in [0.05, 0.1) is 23.5 Å². The van der Waals surface area contributed by atoms with Gasteiger partial charge in [-0.15, -0.1) is 0 Å². The molecular weight excluding hydrogens is 576 g/mol. The van der Waals surface area contributed by atoms with Crippen molar-refractivity contribution in [1.29, 1.82) is 0 Å². The van der Waals surface area contributed by atoms with Crippen LogP contribution in [0, 0.1) is 17.8 Å². The SMILES string of the molecule is CC(C)(O)C1CCN(C=O)CC1.CC(Cc1nccc(-n2ccc3c(OCCCS(C)(=O)=O)cccc32)n1)C1CCCCC1. The van der Waals surface area contributed by atoms with Gasteiger partial charge in [-0.1, -0.05) is 45.1 Å². The van der Waals surface area contributed by atoms with E-state index in [9.17, 15) is 18.3 Å². The number of carbonyl (C=O) groups excluding carboxylic acids is 1. The Hall–Kier alpha value is -2.98. The molecule has 3 aromatic rings. The quantitative estimate of drug-likeness (QED) is 0.217. The van der Waals surface area contributed by atoms with Gasteiger partial charge >= 0.3 is 0 Å². The van der Waals surface area contributed by atoms with Gasteiger partial charge in [-0.05, 0) is 75.1 Å². The summed E-state index contributed by atoms with van der Waals surface area (Å²) >= 11 is 0. The highest BCUT2D eigenvalue weighted by molar-refractivity contribution is 7.90. The van der Waals surface area contributed by atoms with Crippen LogP contribution in [-0.2, 0) is 21.1 Å². The van der Waals surface area contributed by atoms with Crippen molar-refractivity contribution in [3.8, 4) is 11.6 Å². The molecule has 2 aromatic heterocycles. The number of fused-ring (bicyclic) bond motifs is 1. The van der Waals surface area contributed by atoms with Crippen molar-refractivity contribution in [2.24, 2.45) is 17.8 Å². The van der Waals surface area contributed by atoms with Crippen molar-refractivity contribution < 1.29 is 23.1 Å². The molecule has 1 atom stereocenters. The molecule has 1 saturated carbocycles. The first-order valence-electron chi connectivity index (χ1n) is 16.1. The summed E-state index contributed by atoms with van der Waals surface area (Å²) < 4.78 is 30.6. The highest BCUT2D eigenvalue weighted by Crippen LogP contribution is 2.32. The van der Waals surface area contributed by atoms with Crippen LogP contribution in [0.15, 0.2) is 42.7 Å². The number of hydrogen-bond acceptors (Lipinski definition) is 7. The van der Waals surface area contributed by atoms with E-state index >= 15 is 0 Å². The van der Waals surface area contributed by atoms with Crippen molar-refractivity contribution in [3.05, 3.63) is 48.5 Å². The number of sulfone groups is 1. The van der Waals surface area contributed by atoms with E-state index in [1.165, 1.54) is 38.4 Å². The Morgan fingerprint density at radius 3 is 2.48 bits per heavy atom. The second-order valence-corrected chi connectivity index (χ2v) is 15.4. The number of ether oxygens (including phenoxy) is 1. The second-order valence-electron chi connectivity index (χ2n) is 13.2. The van der Waals surface area contributed by atoms with Crippen LogP contribution in [0.1, 0.15) is 78.0 Å². The molecule has 0 spiro atoms. The lowest BCUT2D eigenvalue weighted by atomic mass is 9.79. The van der Waals surface area contributed by atoms with Crippen molar-refractivity contribution in [2.75, 3.05) is 31.7 Å². The first-order valence-corrected chi connectivity index (χ1v) is 18.2. The fraction of sp³-hybridized carbons (Fsp3) is 0.618. The highest BCUT2D eigenvalue weighted by Gasteiger charge is 2.30. The summed E-state index contributed by atoms with van der Waals surface area (Å²) in [5, 5.41) is 10.7. The molecule has 10 heteroatoms. The average molecular weight is 627 g/mol. The third-order valence-electron chi connectivity index (χ3n) is 9.18. The number of piperidine rings is 1. The number of nitrogens with zero attached hydrogens (tertiary/aromatic N) is 4. The number of hydrogen-bond donors (Lipinski definition) is 1. The van der Waals surface area contributed by atoms with Gasteiger partial charge in [0.2, 0.25) is 6.41 Å². The topological polar surface area (TPSA) is 115 Å². The van der Waals surface area contributed by atoms with Crippen LogP contribution in [0.2, 0.25) is 0 Å². The maximum absolute atomic E-state index is 11.3. The number of benzene rings is 1. The molecule has 1 saturated heterocycles. The molecule has 44 heavy (non-hydrogen) atoms. The van der Waals surface area contributed by atoms with Crippen LogP contribution in [0.4, 0.5) is 0 Å². The number of rotatable bonds is 11. The lowest BCUT2D eigenvalue weighted by Gasteiger charge is -2.36. The highest BCUT2D eigenvalue weighted by atomic mass is 32.2. The van der Waals surface area contributed by atoms with Crippen LogP contribution in [-0.4, -0.2) is 76.7 Å². The minimum atomic E-state index is -2.97.